The normalized spacial score (nSPS) is 10.6. The number of hydrogen-bond donors (Lipinski definition) is 0. The summed E-state index contributed by atoms with van der Waals surface area (Å²) in [6.07, 6.45) is 4.87. The standard InChI is InChI=1S/C13H8Br2N4O2/c1-20-13-18-6-8-10(3-2-9(15)11(8)19-13)21-12-16-4-7(14)5-17-12/h2-6H,1H3. The predicted molar refractivity (Wildman–Crippen MR) is 83.6 cm³/mol. The molecular formula is C13H8Br2N4O2. The second-order valence-electron chi connectivity index (χ2n) is 3.95. The average molecular weight is 412 g/mol. The number of nitrogens with zero attached hydrogens (tertiary/aromatic N) is 4. The van der Waals surface area contributed by atoms with Crippen molar-refractivity contribution < 1.29 is 9.47 Å². The van der Waals surface area contributed by atoms with Gasteiger partial charge in [0.2, 0.25) is 0 Å². The van der Waals surface area contributed by atoms with E-state index < -0.39 is 0 Å². The summed E-state index contributed by atoms with van der Waals surface area (Å²) in [6, 6.07) is 4.18. The molecule has 1 aromatic carbocycles. The SMILES string of the molecule is COc1ncc2c(Oc3ncc(Br)cn3)ccc(Br)c2n1. The first-order chi connectivity index (χ1) is 10.2. The van der Waals surface area contributed by atoms with Crippen molar-refractivity contribution in [3.8, 4) is 17.8 Å². The van der Waals surface area contributed by atoms with Gasteiger partial charge in [-0.2, -0.15) is 4.98 Å². The summed E-state index contributed by atoms with van der Waals surface area (Å²) in [7, 11) is 1.52. The minimum atomic E-state index is 0.248. The van der Waals surface area contributed by atoms with Gasteiger partial charge in [0.25, 0.3) is 0 Å². The molecule has 0 radical (unpaired) electrons. The lowest BCUT2D eigenvalue weighted by Gasteiger charge is -2.08. The summed E-state index contributed by atoms with van der Waals surface area (Å²) in [4.78, 5) is 16.6. The molecule has 0 N–H and O–H groups in total. The van der Waals surface area contributed by atoms with E-state index in [-0.39, 0.29) is 6.01 Å². The summed E-state index contributed by atoms with van der Waals surface area (Å²) < 4.78 is 12.3. The van der Waals surface area contributed by atoms with Crippen LogP contribution in [0.3, 0.4) is 0 Å². The first-order valence-electron chi connectivity index (χ1n) is 5.82. The highest BCUT2D eigenvalue weighted by Crippen LogP contribution is 2.32. The molecule has 3 aromatic rings. The molecule has 0 atom stereocenters. The van der Waals surface area contributed by atoms with Gasteiger partial charge in [-0.05, 0) is 44.0 Å². The molecule has 106 valence electrons. The smallest absolute Gasteiger partial charge is 0.321 e. The summed E-state index contributed by atoms with van der Waals surface area (Å²) in [5.41, 5.74) is 0.691. The van der Waals surface area contributed by atoms with E-state index in [1.54, 1.807) is 24.7 Å². The summed E-state index contributed by atoms with van der Waals surface area (Å²) >= 11 is 6.73. The predicted octanol–water partition coefficient (Wildman–Crippen LogP) is 3.75. The Morgan fingerprint density at radius 2 is 1.67 bits per heavy atom. The Kier molecular flexibility index (Phi) is 3.98. The first-order valence-corrected chi connectivity index (χ1v) is 7.40. The molecule has 0 aliphatic heterocycles. The molecule has 21 heavy (non-hydrogen) atoms. The van der Waals surface area contributed by atoms with Gasteiger partial charge < -0.3 is 9.47 Å². The van der Waals surface area contributed by atoms with Gasteiger partial charge in [0, 0.05) is 23.1 Å². The number of fused-ring (bicyclic) bond motifs is 1. The second-order valence-corrected chi connectivity index (χ2v) is 5.72. The molecule has 0 unspecified atom stereocenters. The van der Waals surface area contributed by atoms with E-state index in [0.717, 1.165) is 14.3 Å². The van der Waals surface area contributed by atoms with Crippen LogP contribution in [0.5, 0.6) is 17.8 Å². The number of halogens is 2. The highest BCUT2D eigenvalue weighted by Gasteiger charge is 2.11. The maximum atomic E-state index is 5.69. The topological polar surface area (TPSA) is 70.0 Å². The second kappa shape index (κ2) is 5.90. The van der Waals surface area contributed by atoms with Crippen molar-refractivity contribution in [2.45, 2.75) is 0 Å². The van der Waals surface area contributed by atoms with Crippen molar-refractivity contribution in [3.05, 3.63) is 39.7 Å². The summed E-state index contributed by atoms with van der Waals surface area (Å²) in [5, 5.41) is 0.733. The zero-order valence-electron chi connectivity index (χ0n) is 10.7. The maximum Gasteiger partial charge on any atom is 0.321 e. The van der Waals surface area contributed by atoms with Crippen LogP contribution in [-0.2, 0) is 0 Å². The highest BCUT2D eigenvalue weighted by molar-refractivity contribution is 9.11. The van der Waals surface area contributed by atoms with Gasteiger partial charge in [-0.25, -0.2) is 15.0 Å². The fourth-order valence-corrected chi connectivity index (χ4v) is 2.32. The van der Waals surface area contributed by atoms with Gasteiger partial charge in [0.15, 0.2) is 0 Å². The number of rotatable bonds is 3. The zero-order chi connectivity index (χ0) is 14.8. The van der Waals surface area contributed by atoms with E-state index in [9.17, 15) is 0 Å². The molecule has 3 rings (SSSR count). The number of benzene rings is 1. The largest absolute Gasteiger partial charge is 0.467 e. The quantitative estimate of drug-likeness (QED) is 0.653. The first kappa shape index (κ1) is 14.2. The van der Waals surface area contributed by atoms with Gasteiger partial charge in [-0.1, -0.05) is 0 Å². The van der Waals surface area contributed by atoms with E-state index in [2.05, 4.69) is 51.8 Å². The Morgan fingerprint density at radius 3 is 2.38 bits per heavy atom. The van der Waals surface area contributed by atoms with Crippen LogP contribution >= 0.6 is 31.9 Å². The van der Waals surface area contributed by atoms with Gasteiger partial charge in [0.05, 0.1) is 22.5 Å². The molecule has 0 saturated heterocycles. The van der Waals surface area contributed by atoms with Crippen molar-refractivity contribution in [1.29, 1.82) is 0 Å². The fourth-order valence-electron chi connectivity index (χ4n) is 1.68. The van der Waals surface area contributed by atoms with Crippen molar-refractivity contribution in [1.82, 2.24) is 19.9 Å². The molecule has 0 bridgehead atoms. The third kappa shape index (κ3) is 2.96. The molecule has 2 aromatic heterocycles. The van der Waals surface area contributed by atoms with Crippen LogP contribution in [0.4, 0.5) is 0 Å². The highest BCUT2D eigenvalue weighted by atomic mass is 79.9. The summed E-state index contributed by atoms with van der Waals surface area (Å²) in [5.74, 6) is 0.568. The molecule has 2 heterocycles. The number of ether oxygens (including phenoxy) is 2. The summed E-state index contributed by atoms with van der Waals surface area (Å²) in [6.45, 7) is 0. The molecule has 0 amide bonds. The van der Waals surface area contributed by atoms with Gasteiger partial charge in [0.1, 0.15) is 5.75 Å². The average Bonchev–Trinajstić information content (AvgIpc) is 2.52. The van der Waals surface area contributed by atoms with Crippen LogP contribution in [0.15, 0.2) is 39.7 Å². The molecular weight excluding hydrogens is 404 g/mol. The molecule has 8 heteroatoms. The van der Waals surface area contributed by atoms with E-state index >= 15 is 0 Å². The Labute approximate surface area is 136 Å². The number of hydrogen-bond acceptors (Lipinski definition) is 6. The van der Waals surface area contributed by atoms with Gasteiger partial charge in [-0.3, -0.25) is 0 Å². The molecule has 0 saturated carbocycles. The lowest BCUT2D eigenvalue weighted by Crippen LogP contribution is -1.96. The Morgan fingerprint density at radius 1 is 0.952 bits per heavy atom. The monoisotopic (exact) mass is 410 g/mol. The van der Waals surface area contributed by atoms with Crippen molar-refractivity contribution in [2.75, 3.05) is 7.11 Å². The van der Waals surface area contributed by atoms with Crippen LogP contribution in [0.1, 0.15) is 0 Å². The molecule has 0 spiro atoms. The van der Waals surface area contributed by atoms with Crippen LogP contribution in [-0.4, -0.2) is 27.0 Å². The molecule has 0 aliphatic carbocycles. The van der Waals surface area contributed by atoms with Crippen molar-refractivity contribution >= 4 is 42.8 Å². The fraction of sp³-hybridized carbons (Fsp3) is 0.0769. The molecule has 0 fully saturated rings. The van der Waals surface area contributed by atoms with Crippen molar-refractivity contribution in [3.63, 3.8) is 0 Å². The number of aromatic nitrogens is 4. The Hall–Kier alpha value is -1.80. The van der Waals surface area contributed by atoms with E-state index in [0.29, 0.717) is 17.3 Å². The maximum absolute atomic E-state index is 5.69. The minimum Gasteiger partial charge on any atom is -0.467 e. The van der Waals surface area contributed by atoms with Gasteiger partial charge >= 0.3 is 12.0 Å². The minimum absolute atomic E-state index is 0.248. The Balaban J connectivity index is 2.06. The zero-order valence-corrected chi connectivity index (χ0v) is 13.9. The lowest BCUT2D eigenvalue weighted by atomic mass is 10.2. The van der Waals surface area contributed by atoms with E-state index in [4.69, 9.17) is 9.47 Å². The third-order valence-corrected chi connectivity index (χ3v) is 3.67. The molecule has 0 aliphatic rings. The van der Waals surface area contributed by atoms with E-state index in [1.807, 2.05) is 6.07 Å². The Bertz CT molecular complexity index is 796. The van der Waals surface area contributed by atoms with Crippen LogP contribution < -0.4 is 9.47 Å². The van der Waals surface area contributed by atoms with Crippen molar-refractivity contribution in [2.24, 2.45) is 0 Å². The van der Waals surface area contributed by atoms with Crippen LogP contribution in [0.25, 0.3) is 10.9 Å². The van der Waals surface area contributed by atoms with Gasteiger partial charge in [-0.15, -0.1) is 0 Å². The molecule has 6 nitrogen and oxygen atoms in total. The number of methoxy groups -OCH3 is 1. The van der Waals surface area contributed by atoms with E-state index in [1.165, 1.54) is 7.11 Å². The van der Waals surface area contributed by atoms with Crippen LogP contribution in [0.2, 0.25) is 0 Å². The lowest BCUT2D eigenvalue weighted by molar-refractivity contribution is 0.381. The van der Waals surface area contributed by atoms with Crippen LogP contribution in [0, 0.1) is 0 Å². The third-order valence-electron chi connectivity index (χ3n) is 2.62.